The molecular weight excluding hydrogens is 278 g/mol. The average Bonchev–Trinajstić information content (AvgIpc) is 2.96. The first-order valence-electron chi connectivity index (χ1n) is 7.09. The Morgan fingerprint density at radius 3 is 3.00 bits per heavy atom. The number of carbonyl (C=O) groups is 1. The van der Waals surface area contributed by atoms with Gasteiger partial charge in [0, 0.05) is 36.3 Å². The number of hydrogen-bond acceptors (Lipinski definition) is 3. The molecule has 0 fully saturated rings. The zero-order chi connectivity index (χ0) is 15.4. The maximum absolute atomic E-state index is 12.0. The quantitative estimate of drug-likeness (QED) is 0.787. The predicted molar refractivity (Wildman–Crippen MR) is 86.0 cm³/mol. The second kappa shape index (κ2) is 6.30. The van der Waals surface area contributed by atoms with Gasteiger partial charge in [0.25, 0.3) is 0 Å². The fraction of sp³-hybridized carbons (Fsp3) is 0.176. The van der Waals surface area contributed by atoms with Gasteiger partial charge in [-0.1, -0.05) is 0 Å². The molecule has 22 heavy (non-hydrogen) atoms. The van der Waals surface area contributed by atoms with E-state index in [1.807, 2.05) is 36.5 Å². The van der Waals surface area contributed by atoms with Crippen LogP contribution >= 0.6 is 0 Å². The number of amides is 1. The van der Waals surface area contributed by atoms with Crippen molar-refractivity contribution in [1.82, 2.24) is 9.55 Å². The highest BCUT2D eigenvalue weighted by Gasteiger charge is 2.06. The average molecular weight is 295 g/mol. The van der Waals surface area contributed by atoms with Gasteiger partial charge in [-0.15, -0.1) is 0 Å². The molecule has 0 bridgehead atoms. The molecule has 3 rings (SSSR count). The van der Waals surface area contributed by atoms with Crippen LogP contribution in [-0.2, 0) is 11.3 Å². The first-order valence-corrected chi connectivity index (χ1v) is 7.09. The van der Waals surface area contributed by atoms with Gasteiger partial charge in [-0.05, 0) is 36.4 Å². The van der Waals surface area contributed by atoms with Crippen molar-refractivity contribution in [3.63, 3.8) is 0 Å². The Hall–Kier alpha value is -2.82. The fourth-order valence-electron chi connectivity index (χ4n) is 2.38. The smallest absolute Gasteiger partial charge is 0.226 e. The number of rotatable bonds is 5. The topological polar surface area (TPSA) is 56.1 Å². The molecule has 0 aliphatic heterocycles. The third-order valence-corrected chi connectivity index (χ3v) is 3.50. The van der Waals surface area contributed by atoms with E-state index in [0.29, 0.717) is 13.0 Å². The van der Waals surface area contributed by atoms with Gasteiger partial charge >= 0.3 is 0 Å². The zero-order valence-electron chi connectivity index (χ0n) is 12.3. The van der Waals surface area contributed by atoms with E-state index in [-0.39, 0.29) is 5.91 Å². The van der Waals surface area contributed by atoms with Crippen molar-refractivity contribution >= 4 is 22.5 Å². The van der Waals surface area contributed by atoms with E-state index in [2.05, 4.69) is 14.9 Å². The van der Waals surface area contributed by atoms with Crippen molar-refractivity contribution < 1.29 is 9.53 Å². The van der Waals surface area contributed by atoms with E-state index in [4.69, 9.17) is 4.74 Å². The summed E-state index contributed by atoms with van der Waals surface area (Å²) >= 11 is 0. The SMILES string of the molecule is COc1ccc2c(ccn2CCC(=O)Nc2cccnc2)c1. The molecule has 0 saturated heterocycles. The fourth-order valence-corrected chi connectivity index (χ4v) is 2.38. The largest absolute Gasteiger partial charge is 0.497 e. The molecule has 0 atom stereocenters. The van der Waals surface area contributed by atoms with Crippen LogP contribution in [0.25, 0.3) is 10.9 Å². The minimum absolute atomic E-state index is 0.0247. The van der Waals surface area contributed by atoms with E-state index >= 15 is 0 Å². The van der Waals surface area contributed by atoms with Crippen molar-refractivity contribution in [2.24, 2.45) is 0 Å². The molecule has 1 aromatic carbocycles. The number of nitrogens with one attached hydrogen (secondary N) is 1. The zero-order valence-corrected chi connectivity index (χ0v) is 12.3. The summed E-state index contributed by atoms with van der Waals surface area (Å²) in [4.78, 5) is 15.9. The molecule has 112 valence electrons. The van der Waals surface area contributed by atoms with Crippen LogP contribution in [0.1, 0.15) is 6.42 Å². The Bertz CT molecular complexity index is 781. The number of pyridine rings is 1. The number of ether oxygens (including phenoxy) is 1. The summed E-state index contributed by atoms with van der Waals surface area (Å²) in [5.41, 5.74) is 1.81. The number of nitrogens with zero attached hydrogens (tertiary/aromatic N) is 2. The normalized spacial score (nSPS) is 10.6. The lowest BCUT2D eigenvalue weighted by Crippen LogP contribution is -2.14. The van der Waals surface area contributed by atoms with E-state index in [9.17, 15) is 4.79 Å². The van der Waals surface area contributed by atoms with E-state index in [1.54, 1.807) is 25.6 Å². The summed E-state index contributed by atoms with van der Waals surface area (Å²) in [5, 5.41) is 3.94. The van der Waals surface area contributed by atoms with Crippen LogP contribution in [0.15, 0.2) is 55.0 Å². The molecule has 2 heterocycles. The molecule has 0 saturated carbocycles. The van der Waals surface area contributed by atoms with Gasteiger partial charge in [-0.3, -0.25) is 9.78 Å². The van der Waals surface area contributed by atoms with Crippen LogP contribution in [0.5, 0.6) is 5.75 Å². The van der Waals surface area contributed by atoms with Gasteiger partial charge in [-0.25, -0.2) is 0 Å². The molecule has 0 radical (unpaired) electrons. The molecule has 3 aromatic rings. The van der Waals surface area contributed by atoms with Crippen molar-refractivity contribution in [2.45, 2.75) is 13.0 Å². The second-order valence-corrected chi connectivity index (χ2v) is 4.97. The van der Waals surface area contributed by atoms with Gasteiger partial charge < -0.3 is 14.6 Å². The molecular formula is C17H17N3O2. The lowest BCUT2D eigenvalue weighted by Gasteiger charge is -2.07. The molecule has 1 N–H and O–H groups in total. The van der Waals surface area contributed by atoms with E-state index < -0.39 is 0 Å². The number of aromatic nitrogens is 2. The number of anilines is 1. The van der Waals surface area contributed by atoms with Crippen LogP contribution in [0.2, 0.25) is 0 Å². The highest BCUT2D eigenvalue weighted by atomic mass is 16.5. The summed E-state index contributed by atoms with van der Waals surface area (Å²) in [6, 6.07) is 11.6. The Labute approximate surface area is 128 Å². The predicted octanol–water partition coefficient (Wildman–Crippen LogP) is 3.07. The molecule has 2 aromatic heterocycles. The van der Waals surface area contributed by atoms with Gasteiger partial charge in [0.1, 0.15) is 5.75 Å². The summed E-state index contributed by atoms with van der Waals surface area (Å²) < 4.78 is 7.28. The van der Waals surface area contributed by atoms with E-state index in [1.165, 1.54) is 0 Å². The lowest BCUT2D eigenvalue weighted by atomic mass is 10.2. The first-order chi connectivity index (χ1) is 10.8. The maximum atomic E-state index is 12.0. The maximum Gasteiger partial charge on any atom is 0.226 e. The van der Waals surface area contributed by atoms with Crippen LogP contribution in [-0.4, -0.2) is 22.6 Å². The van der Waals surface area contributed by atoms with Crippen LogP contribution in [0.3, 0.4) is 0 Å². The molecule has 0 spiro atoms. The number of carbonyl (C=O) groups excluding carboxylic acids is 1. The lowest BCUT2D eigenvalue weighted by molar-refractivity contribution is -0.116. The Kier molecular flexibility index (Phi) is 4.05. The summed E-state index contributed by atoms with van der Waals surface area (Å²) in [5.74, 6) is 0.808. The molecule has 0 aliphatic rings. The second-order valence-electron chi connectivity index (χ2n) is 4.97. The minimum Gasteiger partial charge on any atom is -0.497 e. The highest BCUT2D eigenvalue weighted by molar-refractivity contribution is 5.90. The number of hydrogen-bond donors (Lipinski definition) is 1. The molecule has 0 unspecified atom stereocenters. The monoisotopic (exact) mass is 295 g/mol. The number of benzene rings is 1. The third kappa shape index (κ3) is 3.09. The summed E-state index contributed by atoms with van der Waals surface area (Å²) in [6.07, 6.45) is 5.71. The van der Waals surface area contributed by atoms with E-state index in [0.717, 1.165) is 22.3 Å². The molecule has 5 nitrogen and oxygen atoms in total. The first kappa shape index (κ1) is 14.1. The minimum atomic E-state index is -0.0247. The van der Waals surface area contributed by atoms with Crippen molar-refractivity contribution in [2.75, 3.05) is 12.4 Å². The summed E-state index contributed by atoms with van der Waals surface area (Å²) in [7, 11) is 1.65. The van der Waals surface area contributed by atoms with Gasteiger partial charge in [-0.2, -0.15) is 0 Å². The Morgan fingerprint density at radius 1 is 1.32 bits per heavy atom. The molecule has 1 amide bonds. The van der Waals surface area contributed by atoms with Crippen LogP contribution < -0.4 is 10.1 Å². The highest BCUT2D eigenvalue weighted by Crippen LogP contribution is 2.22. The van der Waals surface area contributed by atoms with Crippen LogP contribution in [0, 0.1) is 0 Å². The Balaban J connectivity index is 1.65. The van der Waals surface area contributed by atoms with Crippen molar-refractivity contribution in [1.29, 1.82) is 0 Å². The molecule has 5 heteroatoms. The Morgan fingerprint density at radius 2 is 2.23 bits per heavy atom. The third-order valence-electron chi connectivity index (χ3n) is 3.50. The van der Waals surface area contributed by atoms with Crippen molar-refractivity contribution in [3.8, 4) is 5.75 Å². The van der Waals surface area contributed by atoms with Crippen molar-refractivity contribution in [3.05, 3.63) is 55.0 Å². The van der Waals surface area contributed by atoms with Crippen LogP contribution in [0.4, 0.5) is 5.69 Å². The number of methoxy groups -OCH3 is 1. The molecule has 0 aliphatic carbocycles. The standard InChI is InChI=1S/C17H17N3O2/c1-22-15-4-5-16-13(11-15)6-9-20(16)10-7-17(21)19-14-3-2-8-18-12-14/h2-6,8-9,11-12H,7,10H2,1H3,(H,19,21). The number of fused-ring (bicyclic) bond motifs is 1. The van der Waals surface area contributed by atoms with Gasteiger partial charge in [0.15, 0.2) is 0 Å². The van der Waals surface area contributed by atoms with Gasteiger partial charge in [0.05, 0.1) is 19.0 Å². The number of aryl methyl sites for hydroxylation is 1. The summed E-state index contributed by atoms with van der Waals surface area (Å²) in [6.45, 7) is 0.627. The van der Waals surface area contributed by atoms with Gasteiger partial charge in [0.2, 0.25) is 5.91 Å².